The van der Waals surface area contributed by atoms with Crippen LogP contribution in [0.3, 0.4) is 0 Å². The van der Waals surface area contributed by atoms with E-state index in [0.717, 1.165) is 60.5 Å². The Morgan fingerprint density at radius 2 is 1.93 bits per heavy atom. The first kappa shape index (κ1) is 20.9. The number of rotatable bonds is 9. The van der Waals surface area contributed by atoms with Crippen molar-refractivity contribution >= 4 is 33.9 Å². The summed E-state index contributed by atoms with van der Waals surface area (Å²) in [6.07, 6.45) is 4.66. The molecule has 3 rings (SSSR count). The molecule has 0 amide bonds. The number of nitrogens with zero attached hydrogens (tertiary/aromatic N) is 1. The maximum Gasteiger partial charge on any atom is 0.170 e. The molecular weight excluding hydrogens is 382 g/mol. The molecule has 0 atom stereocenters. The fourth-order valence-electron chi connectivity index (χ4n) is 3.13. The van der Waals surface area contributed by atoms with Crippen LogP contribution in [0.5, 0.6) is 11.5 Å². The van der Waals surface area contributed by atoms with Crippen LogP contribution >= 0.6 is 12.2 Å². The first-order chi connectivity index (χ1) is 14.2. The summed E-state index contributed by atoms with van der Waals surface area (Å²) in [5.41, 5.74) is 2.95. The molecule has 1 heterocycles. The van der Waals surface area contributed by atoms with Crippen molar-refractivity contribution in [1.82, 2.24) is 10.3 Å². The molecule has 0 unspecified atom stereocenters. The van der Waals surface area contributed by atoms with E-state index in [2.05, 4.69) is 34.7 Å². The van der Waals surface area contributed by atoms with Crippen LogP contribution in [0.15, 0.2) is 54.7 Å². The lowest BCUT2D eigenvalue weighted by molar-refractivity contribution is 0.314. The Morgan fingerprint density at radius 3 is 2.76 bits per heavy atom. The average molecular weight is 410 g/mol. The Balaban J connectivity index is 1.53. The molecule has 0 saturated heterocycles. The molecule has 152 valence electrons. The van der Waals surface area contributed by atoms with Crippen LogP contribution in [0, 0.1) is 0 Å². The summed E-state index contributed by atoms with van der Waals surface area (Å²) in [6, 6.07) is 16.0. The highest BCUT2D eigenvalue weighted by molar-refractivity contribution is 7.80. The number of fused-ring (bicyclic) bond motifs is 1. The number of nitrogens with one attached hydrogen (secondary N) is 2. The maximum absolute atomic E-state index is 5.83. The highest BCUT2D eigenvalue weighted by atomic mass is 32.1. The second-order valence-electron chi connectivity index (χ2n) is 6.66. The van der Waals surface area contributed by atoms with Gasteiger partial charge >= 0.3 is 0 Å². The third-order valence-electron chi connectivity index (χ3n) is 4.54. The van der Waals surface area contributed by atoms with Gasteiger partial charge in [-0.2, -0.15) is 0 Å². The zero-order valence-corrected chi connectivity index (χ0v) is 17.7. The van der Waals surface area contributed by atoms with Gasteiger partial charge in [0.2, 0.25) is 0 Å². The van der Waals surface area contributed by atoms with Crippen molar-refractivity contribution in [2.45, 2.75) is 26.2 Å². The predicted octanol–water partition coefficient (Wildman–Crippen LogP) is 4.95. The second kappa shape index (κ2) is 10.6. The summed E-state index contributed by atoms with van der Waals surface area (Å²) in [7, 11) is 1.65. The van der Waals surface area contributed by atoms with E-state index >= 15 is 0 Å². The number of pyridine rings is 1. The quantitative estimate of drug-likeness (QED) is 0.385. The highest BCUT2D eigenvalue weighted by Crippen LogP contribution is 2.29. The lowest BCUT2D eigenvalue weighted by Gasteiger charge is -2.14. The van der Waals surface area contributed by atoms with E-state index in [9.17, 15) is 0 Å². The molecule has 3 aromatic rings. The largest absolute Gasteiger partial charge is 0.494 e. The number of ether oxygens (including phenoxy) is 2. The average Bonchev–Trinajstić information content (AvgIpc) is 2.76. The van der Waals surface area contributed by atoms with Crippen LogP contribution in [-0.4, -0.2) is 30.4 Å². The van der Waals surface area contributed by atoms with E-state index in [1.54, 1.807) is 13.3 Å². The molecule has 0 saturated carbocycles. The molecule has 0 aliphatic rings. The maximum atomic E-state index is 5.83. The molecule has 0 radical (unpaired) electrons. The van der Waals surface area contributed by atoms with Crippen LogP contribution in [0.1, 0.15) is 25.3 Å². The molecule has 0 fully saturated rings. The minimum Gasteiger partial charge on any atom is -0.494 e. The molecular formula is C23H27N3O2S. The summed E-state index contributed by atoms with van der Waals surface area (Å²) in [5.74, 6) is 1.72. The highest BCUT2D eigenvalue weighted by Gasteiger charge is 2.08. The van der Waals surface area contributed by atoms with Gasteiger partial charge in [-0.3, -0.25) is 4.98 Å². The Labute approximate surface area is 177 Å². The van der Waals surface area contributed by atoms with E-state index < -0.39 is 0 Å². The fourth-order valence-corrected chi connectivity index (χ4v) is 3.34. The molecule has 2 N–H and O–H groups in total. The van der Waals surface area contributed by atoms with Gasteiger partial charge < -0.3 is 20.1 Å². The Morgan fingerprint density at radius 1 is 1.07 bits per heavy atom. The van der Waals surface area contributed by atoms with Crippen molar-refractivity contribution < 1.29 is 9.47 Å². The predicted molar refractivity (Wildman–Crippen MR) is 123 cm³/mol. The number of anilines is 1. The molecule has 0 spiro atoms. The normalized spacial score (nSPS) is 10.6. The van der Waals surface area contributed by atoms with E-state index in [0.29, 0.717) is 5.11 Å². The fraction of sp³-hybridized carbons (Fsp3) is 0.304. The molecule has 29 heavy (non-hydrogen) atoms. The van der Waals surface area contributed by atoms with Gasteiger partial charge in [0.25, 0.3) is 0 Å². The number of hydrogen-bond donors (Lipinski definition) is 2. The van der Waals surface area contributed by atoms with Crippen LogP contribution in [0.4, 0.5) is 5.69 Å². The van der Waals surface area contributed by atoms with Gasteiger partial charge in [0.15, 0.2) is 5.11 Å². The number of aryl methyl sites for hydroxylation is 1. The van der Waals surface area contributed by atoms with Gasteiger partial charge in [-0.15, -0.1) is 0 Å². The van der Waals surface area contributed by atoms with Crippen LogP contribution in [-0.2, 0) is 6.42 Å². The van der Waals surface area contributed by atoms with Gasteiger partial charge in [0, 0.05) is 23.8 Å². The van der Waals surface area contributed by atoms with Gasteiger partial charge in [0.1, 0.15) is 17.0 Å². The van der Waals surface area contributed by atoms with Gasteiger partial charge in [-0.05, 0) is 67.4 Å². The van der Waals surface area contributed by atoms with Crippen molar-refractivity contribution in [2.24, 2.45) is 0 Å². The number of thiocarbonyl (C=S) groups is 1. The number of benzene rings is 2. The van der Waals surface area contributed by atoms with E-state index in [1.807, 2.05) is 36.4 Å². The summed E-state index contributed by atoms with van der Waals surface area (Å²) in [6.45, 7) is 3.64. The Kier molecular flexibility index (Phi) is 7.64. The molecule has 2 aromatic carbocycles. The number of methoxy groups -OCH3 is 1. The SMILES string of the molecule is CCCOc1ccccc1CCCNC(=S)Nc1ccc(OC)c2ncccc12. The molecule has 0 bridgehead atoms. The smallest absolute Gasteiger partial charge is 0.170 e. The zero-order chi connectivity index (χ0) is 20.5. The van der Waals surface area contributed by atoms with Crippen molar-refractivity contribution in [3.63, 3.8) is 0 Å². The third-order valence-corrected chi connectivity index (χ3v) is 4.79. The van der Waals surface area contributed by atoms with Crippen molar-refractivity contribution in [2.75, 3.05) is 25.6 Å². The summed E-state index contributed by atoms with van der Waals surface area (Å²) in [4.78, 5) is 4.42. The monoisotopic (exact) mass is 409 g/mol. The van der Waals surface area contributed by atoms with Gasteiger partial charge in [-0.25, -0.2) is 0 Å². The van der Waals surface area contributed by atoms with E-state index in [4.69, 9.17) is 21.7 Å². The summed E-state index contributed by atoms with van der Waals surface area (Å²) in [5, 5.41) is 8.12. The van der Waals surface area contributed by atoms with E-state index in [-0.39, 0.29) is 0 Å². The lowest BCUT2D eigenvalue weighted by Crippen LogP contribution is -2.29. The number of hydrogen-bond acceptors (Lipinski definition) is 4. The molecule has 0 aliphatic carbocycles. The number of para-hydroxylation sites is 1. The lowest BCUT2D eigenvalue weighted by atomic mass is 10.1. The third kappa shape index (κ3) is 5.57. The zero-order valence-electron chi connectivity index (χ0n) is 16.9. The molecule has 0 aliphatic heterocycles. The second-order valence-corrected chi connectivity index (χ2v) is 7.06. The Bertz CT molecular complexity index is 962. The van der Waals surface area contributed by atoms with Gasteiger partial charge in [0.05, 0.1) is 13.7 Å². The van der Waals surface area contributed by atoms with Crippen molar-refractivity contribution in [3.05, 3.63) is 60.3 Å². The molecule has 1 aromatic heterocycles. The van der Waals surface area contributed by atoms with Crippen molar-refractivity contribution in [3.8, 4) is 11.5 Å². The van der Waals surface area contributed by atoms with Gasteiger partial charge in [-0.1, -0.05) is 25.1 Å². The standard InChI is InChI=1S/C23H27N3O2S/c1-3-16-28-20-11-5-4-8-17(20)9-6-15-25-23(29)26-19-12-13-21(27-2)22-18(19)10-7-14-24-22/h4-5,7-8,10-14H,3,6,9,15-16H2,1-2H3,(H2,25,26,29). The number of aromatic nitrogens is 1. The Hall–Kier alpha value is -2.86. The van der Waals surface area contributed by atoms with Crippen LogP contribution in [0.2, 0.25) is 0 Å². The summed E-state index contributed by atoms with van der Waals surface area (Å²) >= 11 is 5.47. The molecule has 6 heteroatoms. The minimum atomic E-state index is 0.593. The van der Waals surface area contributed by atoms with Crippen molar-refractivity contribution in [1.29, 1.82) is 0 Å². The minimum absolute atomic E-state index is 0.593. The first-order valence-corrected chi connectivity index (χ1v) is 10.3. The molecule has 5 nitrogen and oxygen atoms in total. The first-order valence-electron chi connectivity index (χ1n) is 9.90. The topological polar surface area (TPSA) is 55.4 Å². The van der Waals surface area contributed by atoms with E-state index in [1.165, 1.54) is 5.56 Å². The van der Waals surface area contributed by atoms with Crippen LogP contribution < -0.4 is 20.1 Å². The van der Waals surface area contributed by atoms with Crippen LogP contribution in [0.25, 0.3) is 10.9 Å². The summed E-state index contributed by atoms with van der Waals surface area (Å²) < 4.78 is 11.2.